The molecule has 1 aliphatic heterocycles. The molecule has 34 heavy (non-hydrogen) atoms. The molecule has 0 saturated heterocycles. The maximum atomic E-state index is 12.9. The summed E-state index contributed by atoms with van der Waals surface area (Å²) in [5.74, 6) is -1.55. The van der Waals surface area contributed by atoms with E-state index in [0.29, 0.717) is 22.1 Å². The Labute approximate surface area is 195 Å². The molecule has 170 valence electrons. The minimum Gasteiger partial charge on any atom is -0.350 e. The quantitative estimate of drug-likeness (QED) is 0.357. The van der Waals surface area contributed by atoms with Gasteiger partial charge in [-0.15, -0.1) is 0 Å². The number of imide groups is 1. The summed E-state index contributed by atoms with van der Waals surface area (Å²) in [6.07, 6.45) is 2.02. The molecule has 4 aromatic rings. The van der Waals surface area contributed by atoms with Crippen LogP contribution in [-0.2, 0) is 11.8 Å². The van der Waals surface area contributed by atoms with Gasteiger partial charge in [0.25, 0.3) is 17.7 Å². The lowest BCUT2D eigenvalue weighted by Crippen LogP contribution is -2.43. The molecule has 8 nitrogen and oxygen atoms in total. The topological polar surface area (TPSA) is 101 Å². The summed E-state index contributed by atoms with van der Waals surface area (Å²) in [6.45, 7) is 0.104. The van der Waals surface area contributed by atoms with Crippen LogP contribution in [0, 0.1) is 0 Å². The van der Waals surface area contributed by atoms with Crippen LogP contribution in [0.25, 0.3) is 21.7 Å². The molecule has 0 aliphatic carbocycles. The number of nitrogens with zero attached hydrogens (tertiary/aromatic N) is 2. The molecule has 0 fully saturated rings. The first-order chi connectivity index (χ1) is 16.5. The number of benzene rings is 3. The molecule has 0 radical (unpaired) electrons. The molecular weight excluding hydrogens is 432 g/mol. The van der Waals surface area contributed by atoms with Gasteiger partial charge in [0, 0.05) is 53.6 Å². The summed E-state index contributed by atoms with van der Waals surface area (Å²) in [4.78, 5) is 51.9. The third kappa shape index (κ3) is 3.59. The van der Waals surface area contributed by atoms with Gasteiger partial charge in [-0.1, -0.05) is 42.5 Å². The van der Waals surface area contributed by atoms with Gasteiger partial charge in [-0.3, -0.25) is 34.9 Å². The Hall–Kier alpha value is -4.46. The number of aromatic nitrogens is 1. The Bertz CT molecular complexity index is 1440. The standard InChI is InChI=1S/C26H22N4O4/c1-29-15-20(17-9-2-3-12-21(17)29)24(32)28-27-22(31)13-6-14-30-25(33)18-10-4-7-16-8-5-11-19(23(16)18)26(30)34/h2-5,7-12,15H,6,13-14H2,1H3,(H,27,31)(H,28,32). The molecule has 3 aromatic carbocycles. The highest BCUT2D eigenvalue weighted by molar-refractivity contribution is 6.25. The number of carbonyl (C=O) groups excluding carboxylic acids is 4. The van der Waals surface area contributed by atoms with Crippen molar-refractivity contribution in [3.63, 3.8) is 0 Å². The Morgan fingerprint density at radius 1 is 0.853 bits per heavy atom. The van der Waals surface area contributed by atoms with Gasteiger partial charge in [-0.2, -0.15) is 0 Å². The van der Waals surface area contributed by atoms with Crippen molar-refractivity contribution < 1.29 is 19.2 Å². The van der Waals surface area contributed by atoms with Crippen molar-refractivity contribution in [2.24, 2.45) is 7.05 Å². The fourth-order valence-corrected chi connectivity index (χ4v) is 4.46. The first kappa shape index (κ1) is 21.4. The van der Waals surface area contributed by atoms with Crippen molar-refractivity contribution in [2.45, 2.75) is 12.8 Å². The van der Waals surface area contributed by atoms with Gasteiger partial charge >= 0.3 is 0 Å². The van der Waals surface area contributed by atoms with Gasteiger partial charge in [-0.25, -0.2) is 0 Å². The van der Waals surface area contributed by atoms with Crippen molar-refractivity contribution in [3.05, 3.63) is 83.6 Å². The van der Waals surface area contributed by atoms with Crippen molar-refractivity contribution in [2.75, 3.05) is 6.54 Å². The van der Waals surface area contributed by atoms with Crippen LogP contribution in [0.2, 0.25) is 0 Å². The number of hydrazine groups is 1. The van der Waals surface area contributed by atoms with Crippen LogP contribution in [0.4, 0.5) is 0 Å². The molecule has 5 rings (SSSR count). The number of rotatable bonds is 5. The average Bonchev–Trinajstić information content (AvgIpc) is 3.19. The molecule has 0 unspecified atom stereocenters. The van der Waals surface area contributed by atoms with Crippen molar-refractivity contribution in [1.29, 1.82) is 0 Å². The van der Waals surface area contributed by atoms with Crippen molar-refractivity contribution >= 4 is 45.3 Å². The number of hydrogen-bond donors (Lipinski definition) is 2. The SMILES string of the molecule is Cn1cc(C(=O)NNC(=O)CCCN2C(=O)c3cccc4cccc(c34)C2=O)c2ccccc21. The number of fused-ring (bicyclic) bond motifs is 1. The molecule has 4 amide bonds. The van der Waals surface area contributed by atoms with Gasteiger partial charge in [0.05, 0.1) is 5.56 Å². The number of para-hydroxylation sites is 1. The highest BCUT2D eigenvalue weighted by Gasteiger charge is 2.32. The monoisotopic (exact) mass is 454 g/mol. The van der Waals surface area contributed by atoms with Crippen LogP contribution in [0.5, 0.6) is 0 Å². The number of nitrogens with one attached hydrogen (secondary N) is 2. The van der Waals surface area contributed by atoms with Gasteiger partial charge in [0.1, 0.15) is 0 Å². The van der Waals surface area contributed by atoms with E-state index in [2.05, 4.69) is 10.9 Å². The second-order valence-corrected chi connectivity index (χ2v) is 8.25. The van der Waals surface area contributed by atoms with E-state index in [9.17, 15) is 19.2 Å². The molecular formula is C26H22N4O4. The molecule has 0 bridgehead atoms. The fourth-order valence-electron chi connectivity index (χ4n) is 4.46. The maximum absolute atomic E-state index is 12.9. The van der Waals surface area contributed by atoms with Gasteiger partial charge in [0.15, 0.2) is 0 Å². The largest absolute Gasteiger partial charge is 0.350 e. The number of carbonyl (C=O) groups is 4. The Morgan fingerprint density at radius 3 is 2.24 bits per heavy atom. The number of aryl methyl sites for hydroxylation is 1. The van der Waals surface area contributed by atoms with E-state index in [4.69, 9.17) is 0 Å². The second kappa shape index (κ2) is 8.47. The molecule has 0 atom stereocenters. The normalized spacial score (nSPS) is 12.9. The zero-order valence-electron chi connectivity index (χ0n) is 18.5. The van der Waals surface area contributed by atoms with Crippen LogP contribution in [-0.4, -0.2) is 39.6 Å². The maximum Gasteiger partial charge on any atom is 0.271 e. The minimum atomic E-state index is -0.420. The summed E-state index contributed by atoms with van der Waals surface area (Å²) in [6, 6.07) is 18.2. The summed E-state index contributed by atoms with van der Waals surface area (Å²) >= 11 is 0. The van der Waals surface area contributed by atoms with Crippen LogP contribution in [0.15, 0.2) is 66.9 Å². The smallest absolute Gasteiger partial charge is 0.271 e. The van der Waals surface area contributed by atoms with Gasteiger partial charge in [0.2, 0.25) is 5.91 Å². The molecule has 1 aliphatic rings. The van der Waals surface area contributed by atoms with Crippen molar-refractivity contribution in [3.8, 4) is 0 Å². The Balaban J connectivity index is 1.18. The predicted molar refractivity (Wildman–Crippen MR) is 127 cm³/mol. The zero-order valence-corrected chi connectivity index (χ0v) is 18.5. The molecule has 0 spiro atoms. The first-order valence-corrected chi connectivity index (χ1v) is 11.0. The van der Waals surface area contributed by atoms with Crippen LogP contribution in [0.1, 0.15) is 43.9 Å². The predicted octanol–water partition coefficient (Wildman–Crippen LogP) is 3.17. The van der Waals surface area contributed by atoms with Crippen molar-refractivity contribution in [1.82, 2.24) is 20.3 Å². The van der Waals surface area contributed by atoms with E-state index in [1.165, 1.54) is 4.90 Å². The third-order valence-electron chi connectivity index (χ3n) is 6.10. The summed E-state index contributed by atoms with van der Waals surface area (Å²) in [5.41, 5.74) is 7.18. The lowest BCUT2D eigenvalue weighted by atomic mass is 9.94. The fraction of sp³-hybridized carbons (Fsp3) is 0.154. The Kier molecular flexibility index (Phi) is 5.33. The number of hydrogen-bond acceptors (Lipinski definition) is 4. The van der Waals surface area contributed by atoms with Crippen LogP contribution < -0.4 is 10.9 Å². The molecule has 8 heteroatoms. The highest BCUT2D eigenvalue weighted by atomic mass is 16.2. The van der Waals surface area contributed by atoms with E-state index >= 15 is 0 Å². The van der Waals surface area contributed by atoms with E-state index in [-0.39, 0.29) is 31.2 Å². The van der Waals surface area contributed by atoms with Gasteiger partial charge in [-0.05, 0) is 30.0 Å². The average molecular weight is 454 g/mol. The summed E-state index contributed by atoms with van der Waals surface area (Å²) in [5, 5.41) is 2.30. The third-order valence-corrected chi connectivity index (χ3v) is 6.10. The second-order valence-electron chi connectivity index (χ2n) is 8.25. The molecule has 2 heterocycles. The molecule has 2 N–H and O–H groups in total. The summed E-state index contributed by atoms with van der Waals surface area (Å²) < 4.78 is 1.84. The molecule has 0 saturated carbocycles. The lowest BCUT2D eigenvalue weighted by Gasteiger charge is -2.27. The zero-order chi connectivity index (χ0) is 23.8. The van der Waals surface area contributed by atoms with E-state index < -0.39 is 11.8 Å². The highest BCUT2D eigenvalue weighted by Crippen LogP contribution is 2.30. The van der Waals surface area contributed by atoms with E-state index in [1.807, 2.05) is 48.0 Å². The first-order valence-electron chi connectivity index (χ1n) is 11.0. The van der Waals surface area contributed by atoms with Crippen LogP contribution in [0.3, 0.4) is 0 Å². The minimum absolute atomic E-state index is 0.0404. The number of amides is 4. The van der Waals surface area contributed by atoms with Crippen LogP contribution >= 0.6 is 0 Å². The van der Waals surface area contributed by atoms with Gasteiger partial charge < -0.3 is 4.57 Å². The van der Waals surface area contributed by atoms with E-state index in [1.54, 1.807) is 30.5 Å². The Morgan fingerprint density at radius 2 is 1.53 bits per heavy atom. The lowest BCUT2D eigenvalue weighted by molar-refractivity contribution is -0.122. The van der Waals surface area contributed by atoms with E-state index in [0.717, 1.165) is 16.3 Å². The molecule has 1 aromatic heterocycles. The summed E-state index contributed by atoms with van der Waals surface area (Å²) in [7, 11) is 1.85.